The lowest BCUT2D eigenvalue weighted by atomic mass is 10.1. The second-order valence-corrected chi connectivity index (χ2v) is 7.14. The number of hydrogen-bond acceptors (Lipinski definition) is 6. The zero-order chi connectivity index (χ0) is 17.1. The minimum Gasteiger partial charge on any atom is -0.378 e. The van der Waals surface area contributed by atoms with Gasteiger partial charge in [-0.1, -0.05) is 12.8 Å². The molecule has 3 heterocycles. The lowest BCUT2D eigenvalue weighted by Crippen LogP contribution is -2.50. The Bertz CT molecular complexity index is 574. The lowest BCUT2D eigenvalue weighted by molar-refractivity contribution is -0.135. The molecule has 1 aliphatic carbocycles. The monoisotopic (exact) mass is 345 g/mol. The number of carbonyl (C=O) groups excluding carboxylic acids is 1. The van der Waals surface area contributed by atoms with Crippen LogP contribution in [0.5, 0.6) is 0 Å². The Morgan fingerprint density at radius 2 is 1.44 bits per heavy atom. The molecule has 1 saturated carbocycles. The molecular weight excluding hydrogens is 318 g/mol. The summed E-state index contributed by atoms with van der Waals surface area (Å²) in [6.07, 6.45) is 4.57. The Hall–Kier alpha value is -1.89. The Labute approximate surface area is 148 Å². The number of piperazine rings is 1. The van der Waals surface area contributed by atoms with Crippen LogP contribution in [0.25, 0.3) is 0 Å². The molecule has 0 aromatic carbocycles. The standard InChI is InChI=1S/C18H27N5O2/c24-18(15-3-1-2-4-15)23-9-7-21(8-10-23)16-5-6-17(20-19-16)22-11-13-25-14-12-22/h5-6,15H,1-4,7-14H2. The number of aromatic nitrogens is 2. The Balaban J connectivity index is 1.32. The maximum Gasteiger partial charge on any atom is 0.225 e. The van der Waals surface area contributed by atoms with Gasteiger partial charge in [-0.25, -0.2) is 0 Å². The number of rotatable bonds is 3. The molecule has 2 saturated heterocycles. The Kier molecular flexibility index (Phi) is 5.01. The van der Waals surface area contributed by atoms with Crippen LogP contribution in [0.2, 0.25) is 0 Å². The molecule has 1 amide bonds. The van der Waals surface area contributed by atoms with E-state index in [1.165, 1.54) is 12.8 Å². The third-order valence-electron chi connectivity index (χ3n) is 5.59. The van der Waals surface area contributed by atoms with E-state index in [0.29, 0.717) is 5.91 Å². The summed E-state index contributed by atoms with van der Waals surface area (Å²) in [5, 5.41) is 8.81. The van der Waals surface area contributed by atoms with Gasteiger partial charge in [0.1, 0.15) is 0 Å². The molecule has 7 nitrogen and oxygen atoms in total. The van der Waals surface area contributed by atoms with Crippen LogP contribution in [0.3, 0.4) is 0 Å². The van der Waals surface area contributed by atoms with Crippen LogP contribution < -0.4 is 9.80 Å². The number of hydrogen-bond donors (Lipinski definition) is 0. The highest BCUT2D eigenvalue weighted by atomic mass is 16.5. The van der Waals surface area contributed by atoms with Gasteiger partial charge in [-0.15, -0.1) is 10.2 Å². The van der Waals surface area contributed by atoms with Gasteiger partial charge in [-0.3, -0.25) is 4.79 Å². The fraction of sp³-hybridized carbons (Fsp3) is 0.722. The Morgan fingerprint density at radius 3 is 2.00 bits per heavy atom. The summed E-state index contributed by atoms with van der Waals surface area (Å²) < 4.78 is 5.38. The summed E-state index contributed by atoms with van der Waals surface area (Å²) >= 11 is 0. The molecule has 3 aliphatic rings. The molecule has 4 rings (SSSR count). The summed E-state index contributed by atoms with van der Waals surface area (Å²) in [7, 11) is 0. The molecule has 0 atom stereocenters. The molecular formula is C18H27N5O2. The number of nitrogens with zero attached hydrogens (tertiary/aromatic N) is 5. The first-order valence-corrected chi connectivity index (χ1v) is 9.51. The topological polar surface area (TPSA) is 61.8 Å². The molecule has 136 valence electrons. The SMILES string of the molecule is O=C(C1CCCC1)N1CCN(c2ccc(N3CCOCC3)nn2)CC1. The van der Waals surface area contributed by atoms with Gasteiger partial charge >= 0.3 is 0 Å². The van der Waals surface area contributed by atoms with Crippen LogP contribution in [0, 0.1) is 5.92 Å². The van der Waals surface area contributed by atoms with Crippen molar-refractivity contribution in [3.63, 3.8) is 0 Å². The molecule has 1 aromatic heterocycles. The van der Waals surface area contributed by atoms with E-state index >= 15 is 0 Å². The van der Waals surface area contributed by atoms with E-state index in [0.717, 1.165) is 77.0 Å². The maximum absolute atomic E-state index is 12.5. The van der Waals surface area contributed by atoms with Gasteiger partial charge in [0, 0.05) is 45.2 Å². The van der Waals surface area contributed by atoms with Crippen molar-refractivity contribution < 1.29 is 9.53 Å². The molecule has 0 radical (unpaired) electrons. The van der Waals surface area contributed by atoms with Gasteiger partial charge in [0.15, 0.2) is 11.6 Å². The van der Waals surface area contributed by atoms with Gasteiger partial charge in [0.25, 0.3) is 0 Å². The molecule has 0 spiro atoms. The van der Waals surface area contributed by atoms with E-state index in [1.54, 1.807) is 0 Å². The highest BCUT2D eigenvalue weighted by Gasteiger charge is 2.29. The van der Waals surface area contributed by atoms with Crippen molar-refractivity contribution in [2.75, 3.05) is 62.3 Å². The zero-order valence-corrected chi connectivity index (χ0v) is 14.8. The second kappa shape index (κ2) is 7.56. The summed E-state index contributed by atoms with van der Waals surface area (Å²) in [5.41, 5.74) is 0. The van der Waals surface area contributed by atoms with Gasteiger partial charge in [0.05, 0.1) is 13.2 Å². The van der Waals surface area contributed by atoms with E-state index in [9.17, 15) is 4.79 Å². The molecule has 7 heteroatoms. The van der Waals surface area contributed by atoms with Crippen LogP contribution in [0.15, 0.2) is 12.1 Å². The van der Waals surface area contributed by atoms with Crippen LogP contribution in [-0.2, 0) is 9.53 Å². The van der Waals surface area contributed by atoms with Crippen molar-refractivity contribution >= 4 is 17.5 Å². The van der Waals surface area contributed by atoms with E-state index in [1.807, 2.05) is 17.0 Å². The van der Waals surface area contributed by atoms with Crippen LogP contribution in [0.4, 0.5) is 11.6 Å². The van der Waals surface area contributed by atoms with E-state index in [4.69, 9.17) is 4.74 Å². The van der Waals surface area contributed by atoms with Crippen molar-refractivity contribution in [1.29, 1.82) is 0 Å². The number of morpholine rings is 1. The van der Waals surface area contributed by atoms with Crippen molar-refractivity contribution in [2.45, 2.75) is 25.7 Å². The van der Waals surface area contributed by atoms with Gasteiger partial charge in [-0.05, 0) is 25.0 Å². The van der Waals surface area contributed by atoms with E-state index in [-0.39, 0.29) is 5.92 Å². The quantitative estimate of drug-likeness (QED) is 0.819. The van der Waals surface area contributed by atoms with Gasteiger partial charge in [-0.2, -0.15) is 0 Å². The molecule has 1 aromatic rings. The zero-order valence-electron chi connectivity index (χ0n) is 14.8. The summed E-state index contributed by atoms with van der Waals surface area (Å²) in [6.45, 7) is 6.51. The average Bonchev–Trinajstić information content (AvgIpc) is 3.23. The van der Waals surface area contributed by atoms with Crippen molar-refractivity contribution in [3.05, 3.63) is 12.1 Å². The van der Waals surface area contributed by atoms with Crippen molar-refractivity contribution in [2.24, 2.45) is 5.92 Å². The van der Waals surface area contributed by atoms with Gasteiger partial charge < -0.3 is 19.4 Å². The van der Waals surface area contributed by atoms with E-state index in [2.05, 4.69) is 20.0 Å². The summed E-state index contributed by atoms with van der Waals surface area (Å²) in [5.74, 6) is 2.47. The van der Waals surface area contributed by atoms with Crippen molar-refractivity contribution in [3.8, 4) is 0 Å². The smallest absolute Gasteiger partial charge is 0.225 e. The molecule has 0 bridgehead atoms. The molecule has 3 fully saturated rings. The first-order chi connectivity index (χ1) is 12.3. The van der Waals surface area contributed by atoms with Crippen LogP contribution in [-0.4, -0.2) is 73.5 Å². The van der Waals surface area contributed by atoms with Gasteiger partial charge in [0.2, 0.25) is 5.91 Å². The maximum atomic E-state index is 12.5. The molecule has 25 heavy (non-hydrogen) atoms. The summed E-state index contributed by atoms with van der Waals surface area (Å²) in [4.78, 5) is 19.0. The summed E-state index contributed by atoms with van der Waals surface area (Å²) in [6, 6.07) is 4.09. The normalized spacial score (nSPS) is 22.5. The lowest BCUT2D eigenvalue weighted by Gasteiger charge is -2.36. The fourth-order valence-corrected chi connectivity index (χ4v) is 4.03. The first kappa shape index (κ1) is 16.6. The van der Waals surface area contributed by atoms with Crippen LogP contribution >= 0.6 is 0 Å². The predicted molar refractivity (Wildman–Crippen MR) is 95.8 cm³/mol. The highest BCUT2D eigenvalue weighted by Crippen LogP contribution is 2.27. The minimum atomic E-state index is 0.277. The third kappa shape index (κ3) is 3.71. The van der Waals surface area contributed by atoms with E-state index < -0.39 is 0 Å². The first-order valence-electron chi connectivity index (χ1n) is 9.51. The molecule has 0 unspecified atom stereocenters. The van der Waals surface area contributed by atoms with Crippen LogP contribution in [0.1, 0.15) is 25.7 Å². The largest absolute Gasteiger partial charge is 0.378 e. The number of carbonyl (C=O) groups is 1. The van der Waals surface area contributed by atoms with Crippen molar-refractivity contribution in [1.82, 2.24) is 15.1 Å². The second-order valence-electron chi connectivity index (χ2n) is 7.14. The molecule has 0 N–H and O–H groups in total. The highest BCUT2D eigenvalue weighted by molar-refractivity contribution is 5.79. The number of anilines is 2. The number of amides is 1. The Morgan fingerprint density at radius 1 is 0.880 bits per heavy atom. The minimum absolute atomic E-state index is 0.277. The predicted octanol–water partition coefficient (Wildman–Crippen LogP) is 1.15. The molecule has 2 aliphatic heterocycles. The fourth-order valence-electron chi connectivity index (χ4n) is 4.03. The third-order valence-corrected chi connectivity index (χ3v) is 5.59. The average molecular weight is 345 g/mol. The number of ether oxygens (including phenoxy) is 1.